The number of benzene rings is 1. The summed E-state index contributed by atoms with van der Waals surface area (Å²) in [5, 5.41) is 0. The molecule has 2 rings (SSSR count). The first-order chi connectivity index (χ1) is 12.2. The second-order valence-electron chi connectivity index (χ2n) is 6.27. The molecule has 2 N–H and O–H groups in total. The van der Waals surface area contributed by atoms with Gasteiger partial charge in [0.05, 0.1) is 11.1 Å². The molecule has 0 aliphatic heterocycles. The Hall–Kier alpha value is -2.57. The minimum atomic E-state index is -4.32. The van der Waals surface area contributed by atoms with E-state index < -0.39 is 11.7 Å². The van der Waals surface area contributed by atoms with Gasteiger partial charge in [-0.2, -0.15) is 13.2 Å². The van der Waals surface area contributed by atoms with Crippen LogP contribution in [-0.4, -0.2) is 23.6 Å². The number of halogens is 3. The van der Waals surface area contributed by atoms with Crippen LogP contribution in [0.15, 0.2) is 37.2 Å². The zero-order chi connectivity index (χ0) is 19.3. The topological polar surface area (TPSA) is 55.0 Å². The van der Waals surface area contributed by atoms with E-state index in [1.807, 2.05) is 18.9 Å². The lowest BCUT2D eigenvalue weighted by Crippen LogP contribution is -2.22. The molecular formula is C19H23F3N4. The summed E-state index contributed by atoms with van der Waals surface area (Å²) in [7, 11) is 1.87. The Kier molecular flexibility index (Phi) is 6.23. The molecule has 1 aromatic carbocycles. The molecule has 7 heteroatoms. The van der Waals surface area contributed by atoms with E-state index in [0.717, 1.165) is 18.1 Å². The Labute approximate surface area is 151 Å². The van der Waals surface area contributed by atoms with Gasteiger partial charge in [-0.05, 0) is 43.4 Å². The minimum Gasteiger partial charge on any atom is -0.383 e. The lowest BCUT2D eigenvalue weighted by atomic mass is 10.0. The van der Waals surface area contributed by atoms with Gasteiger partial charge in [0.2, 0.25) is 0 Å². The first-order valence-electron chi connectivity index (χ1n) is 8.34. The molecule has 2 aromatic rings. The number of nitrogens with zero attached hydrogens (tertiary/aromatic N) is 3. The number of anilines is 2. The third-order valence-electron chi connectivity index (χ3n) is 4.16. The molecule has 0 unspecified atom stereocenters. The van der Waals surface area contributed by atoms with E-state index in [1.54, 1.807) is 6.07 Å². The fourth-order valence-corrected chi connectivity index (χ4v) is 2.87. The van der Waals surface area contributed by atoms with Crippen molar-refractivity contribution in [3.05, 3.63) is 53.9 Å². The molecule has 1 aromatic heterocycles. The van der Waals surface area contributed by atoms with Gasteiger partial charge in [-0.1, -0.05) is 24.8 Å². The van der Waals surface area contributed by atoms with Crippen LogP contribution in [0.1, 0.15) is 36.5 Å². The largest absolute Gasteiger partial charge is 0.416 e. The maximum Gasteiger partial charge on any atom is 0.416 e. The van der Waals surface area contributed by atoms with Gasteiger partial charge in [-0.25, -0.2) is 9.97 Å². The second kappa shape index (κ2) is 8.21. The molecule has 26 heavy (non-hydrogen) atoms. The highest BCUT2D eigenvalue weighted by atomic mass is 19.4. The van der Waals surface area contributed by atoms with Gasteiger partial charge < -0.3 is 10.6 Å². The molecule has 0 aliphatic rings. The average molecular weight is 364 g/mol. The van der Waals surface area contributed by atoms with Gasteiger partial charge in [0.15, 0.2) is 0 Å². The molecule has 0 radical (unpaired) electrons. The molecule has 0 atom stereocenters. The van der Waals surface area contributed by atoms with Crippen molar-refractivity contribution >= 4 is 17.2 Å². The van der Waals surface area contributed by atoms with Crippen LogP contribution in [0.5, 0.6) is 0 Å². The summed E-state index contributed by atoms with van der Waals surface area (Å²) >= 11 is 0. The maximum absolute atomic E-state index is 13.0. The van der Waals surface area contributed by atoms with Crippen LogP contribution in [0.2, 0.25) is 0 Å². The van der Waals surface area contributed by atoms with Crippen LogP contribution in [-0.2, 0) is 12.6 Å². The van der Waals surface area contributed by atoms with Crippen molar-refractivity contribution in [2.24, 2.45) is 0 Å². The van der Waals surface area contributed by atoms with Crippen molar-refractivity contribution in [1.82, 2.24) is 9.97 Å². The quantitative estimate of drug-likeness (QED) is 0.731. The highest BCUT2D eigenvalue weighted by Crippen LogP contribution is 2.32. The Balaban J connectivity index is 1.98. The molecule has 0 fully saturated rings. The van der Waals surface area contributed by atoms with Crippen molar-refractivity contribution < 1.29 is 13.2 Å². The number of allylic oxidation sites excluding steroid dienone is 1. The molecule has 140 valence electrons. The summed E-state index contributed by atoms with van der Waals surface area (Å²) in [6, 6.07) is 5.72. The summed E-state index contributed by atoms with van der Waals surface area (Å²) in [6.45, 7) is 6.38. The molecule has 0 aliphatic carbocycles. The second-order valence-corrected chi connectivity index (χ2v) is 6.27. The highest BCUT2D eigenvalue weighted by Gasteiger charge is 2.32. The normalized spacial score (nSPS) is 11.4. The Bertz CT molecular complexity index is 772. The van der Waals surface area contributed by atoms with Crippen LogP contribution in [0.25, 0.3) is 5.57 Å². The van der Waals surface area contributed by atoms with Crippen molar-refractivity contribution in [2.45, 2.75) is 32.4 Å². The van der Waals surface area contributed by atoms with Crippen molar-refractivity contribution in [3.63, 3.8) is 0 Å². The number of alkyl halides is 3. The summed E-state index contributed by atoms with van der Waals surface area (Å²) in [5.74, 6) is 1.05. The van der Waals surface area contributed by atoms with Gasteiger partial charge in [0.25, 0.3) is 0 Å². The number of hydrogen-bond donors (Lipinski definition) is 1. The third kappa shape index (κ3) is 4.74. The Morgan fingerprint density at radius 3 is 2.54 bits per heavy atom. The summed E-state index contributed by atoms with van der Waals surface area (Å²) in [4.78, 5) is 10.2. The summed E-state index contributed by atoms with van der Waals surface area (Å²) < 4.78 is 39.1. The van der Waals surface area contributed by atoms with Crippen LogP contribution < -0.4 is 10.6 Å². The van der Waals surface area contributed by atoms with E-state index in [-0.39, 0.29) is 0 Å². The fraction of sp³-hybridized carbons (Fsp3) is 0.368. The van der Waals surface area contributed by atoms with Gasteiger partial charge in [-0.3, -0.25) is 0 Å². The molecule has 0 saturated heterocycles. The third-order valence-corrected chi connectivity index (χ3v) is 4.16. The van der Waals surface area contributed by atoms with Crippen molar-refractivity contribution in [3.8, 4) is 0 Å². The number of aromatic nitrogens is 2. The van der Waals surface area contributed by atoms with Gasteiger partial charge in [0.1, 0.15) is 18.0 Å². The lowest BCUT2D eigenvalue weighted by molar-refractivity contribution is -0.138. The summed E-state index contributed by atoms with van der Waals surface area (Å²) in [6.07, 6.45) is -1.18. The summed E-state index contributed by atoms with van der Waals surface area (Å²) in [5.41, 5.74) is 7.15. The lowest BCUT2D eigenvalue weighted by Gasteiger charge is -2.22. The van der Waals surface area contributed by atoms with Gasteiger partial charge in [-0.15, -0.1) is 0 Å². The number of hydrogen-bond acceptors (Lipinski definition) is 4. The first-order valence-corrected chi connectivity index (χ1v) is 8.34. The van der Waals surface area contributed by atoms with Crippen LogP contribution in [0, 0.1) is 0 Å². The minimum absolute atomic E-state index is 0.330. The molecule has 4 nitrogen and oxygen atoms in total. The Morgan fingerprint density at radius 2 is 1.88 bits per heavy atom. The standard InChI is InChI=1S/C19H23F3N4/c1-13(2)16-17(23)24-12-25-18(16)26(3)11-7-6-9-14-8-4-5-10-15(14)19(20,21)22/h4-5,8,10,12H,1,6-7,9,11H2,2-3H3,(H2,23,24,25). The Morgan fingerprint density at radius 1 is 1.19 bits per heavy atom. The predicted molar refractivity (Wildman–Crippen MR) is 98.8 cm³/mol. The van der Waals surface area contributed by atoms with E-state index in [1.165, 1.54) is 18.5 Å². The zero-order valence-corrected chi connectivity index (χ0v) is 15.0. The van der Waals surface area contributed by atoms with Crippen LogP contribution in [0.4, 0.5) is 24.8 Å². The number of nitrogen functional groups attached to an aromatic ring is 1. The SMILES string of the molecule is C=C(C)c1c(N)ncnc1N(C)CCCCc1ccccc1C(F)(F)F. The van der Waals surface area contributed by atoms with E-state index >= 15 is 0 Å². The molecule has 1 heterocycles. The number of aryl methyl sites for hydroxylation is 1. The maximum atomic E-state index is 13.0. The predicted octanol–water partition coefficient (Wildman–Crippen LogP) is 4.57. The molecule has 0 saturated carbocycles. The van der Waals surface area contributed by atoms with Crippen LogP contribution in [0.3, 0.4) is 0 Å². The highest BCUT2D eigenvalue weighted by molar-refractivity contribution is 5.78. The molecular weight excluding hydrogens is 341 g/mol. The van der Waals surface area contributed by atoms with Gasteiger partial charge in [0, 0.05) is 13.6 Å². The molecule has 0 spiro atoms. The van der Waals surface area contributed by atoms with Crippen LogP contribution >= 0.6 is 0 Å². The van der Waals surface area contributed by atoms with Crippen molar-refractivity contribution in [2.75, 3.05) is 24.2 Å². The number of nitrogens with two attached hydrogens (primary N) is 1. The molecule has 0 amide bonds. The van der Waals surface area contributed by atoms with E-state index in [0.29, 0.717) is 42.1 Å². The number of unbranched alkanes of at least 4 members (excludes halogenated alkanes) is 1. The molecule has 0 bridgehead atoms. The average Bonchev–Trinajstić information content (AvgIpc) is 2.57. The smallest absolute Gasteiger partial charge is 0.383 e. The van der Waals surface area contributed by atoms with E-state index in [4.69, 9.17) is 5.73 Å². The number of rotatable bonds is 7. The van der Waals surface area contributed by atoms with Crippen molar-refractivity contribution in [1.29, 1.82) is 0 Å². The van der Waals surface area contributed by atoms with E-state index in [2.05, 4.69) is 16.5 Å². The first kappa shape index (κ1) is 19.8. The van der Waals surface area contributed by atoms with Gasteiger partial charge >= 0.3 is 6.18 Å². The monoisotopic (exact) mass is 364 g/mol. The van der Waals surface area contributed by atoms with E-state index in [9.17, 15) is 13.2 Å². The fourth-order valence-electron chi connectivity index (χ4n) is 2.87. The zero-order valence-electron chi connectivity index (χ0n) is 15.0.